The van der Waals surface area contributed by atoms with Crippen LogP contribution in [0.4, 0.5) is 4.39 Å². The zero-order valence-electron chi connectivity index (χ0n) is 11.2. The Kier molecular flexibility index (Phi) is 4.55. The molecular weight excluding hydrogens is 323 g/mol. The second-order valence-electron chi connectivity index (χ2n) is 4.62. The number of hydrogen-bond acceptors (Lipinski definition) is 2. The van der Waals surface area contributed by atoms with Crippen LogP contribution in [0.2, 0.25) is 0 Å². The molecule has 0 aliphatic rings. The molecule has 0 heterocycles. The molecule has 20 heavy (non-hydrogen) atoms. The molecule has 2 rings (SSSR count). The lowest BCUT2D eigenvalue weighted by atomic mass is 10.0. The summed E-state index contributed by atoms with van der Waals surface area (Å²) in [6.07, 6.45) is -0.0242. The van der Waals surface area contributed by atoms with E-state index in [1.807, 2.05) is 19.9 Å². The van der Waals surface area contributed by atoms with E-state index in [0.29, 0.717) is 16.9 Å². The Balaban J connectivity index is 2.40. The molecule has 0 saturated carbocycles. The summed E-state index contributed by atoms with van der Waals surface area (Å²) in [4.78, 5) is 12.5. The number of ether oxygens (including phenoxy) is 1. The van der Waals surface area contributed by atoms with E-state index in [1.54, 1.807) is 18.2 Å². The third-order valence-electron chi connectivity index (χ3n) is 2.68. The zero-order valence-corrected chi connectivity index (χ0v) is 12.8. The number of para-hydroxylation sites is 1. The van der Waals surface area contributed by atoms with Crippen LogP contribution >= 0.6 is 15.9 Å². The van der Waals surface area contributed by atoms with E-state index in [4.69, 9.17) is 4.74 Å². The molecule has 0 unspecified atom stereocenters. The van der Waals surface area contributed by atoms with Gasteiger partial charge in [-0.15, -0.1) is 0 Å². The molecule has 0 aliphatic heterocycles. The number of halogens is 2. The molecule has 0 fully saturated rings. The summed E-state index contributed by atoms with van der Waals surface area (Å²) < 4.78 is 19.1. The van der Waals surface area contributed by atoms with Crippen molar-refractivity contribution in [2.75, 3.05) is 0 Å². The third kappa shape index (κ3) is 3.25. The van der Waals surface area contributed by atoms with Gasteiger partial charge in [-0.1, -0.05) is 12.1 Å². The van der Waals surface area contributed by atoms with Crippen molar-refractivity contribution in [3.05, 3.63) is 63.9 Å². The van der Waals surface area contributed by atoms with Gasteiger partial charge in [-0.25, -0.2) is 4.39 Å². The highest BCUT2D eigenvalue weighted by Crippen LogP contribution is 2.25. The van der Waals surface area contributed by atoms with Gasteiger partial charge in [-0.2, -0.15) is 0 Å². The fourth-order valence-corrected chi connectivity index (χ4v) is 2.18. The van der Waals surface area contributed by atoms with Gasteiger partial charge in [0.15, 0.2) is 5.78 Å². The SMILES string of the molecule is CC(C)Oc1ccccc1C(=O)c1ccc(F)c(Br)c1. The molecule has 104 valence electrons. The lowest BCUT2D eigenvalue weighted by molar-refractivity contribution is 0.103. The molecule has 0 N–H and O–H groups in total. The maximum absolute atomic E-state index is 13.2. The van der Waals surface area contributed by atoms with Crippen LogP contribution in [0.3, 0.4) is 0 Å². The highest BCUT2D eigenvalue weighted by molar-refractivity contribution is 9.10. The van der Waals surface area contributed by atoms with Crippen molar-refractivity contribution < 1.29 is 13.9 Å². The van der Waals surface area contributed by atoms with Crippen LogP contribution in [-0.4, -0.2) is 11.9 Å². The van der Waals surface area contributed by atoms with Gasteiger partial charge in [-0.05, 0) is 60.1 Å². The zero-order chi connectivity index (χ0) is 14.7. The number of ketones is 1. The van der Waals surface area contributed by atoms with Crippen molar-refractivity contribution in [1.29, 1.82) is 0 Å². The standard InChI is InChI=1S/C16H14BrFO2/c1-10(2)20-15-6-4-3-5-12(15)16(19)11-7-8-14(18)13(17)9-11/h3-10H,1-2H3. The molecule has 0 atom stereocenters. The highest BCUT2D eigenvalue weighted by Gasteiger charge is 2.16. The lowest BCUT2D eigenvalue weighted by Crippen LogP contribution is -2.10. The van der Waals surface area contributed by atoms with E-state index in [-0.39, 0.29) is 16.4 Å². The van der Waals surface area contributed by atoms with Crippen molar-refractivity contribution in [3.63, 3.8) is 0 Å². The first-order chi connectivity index (χ1) is 9.49. The van der Waals surface area contributed by atoms with E-state index >= 15 is 0 Å². The molecule has 0 saturated heterocycles. The fraction of sp³-hybridized carbons (Fsp3) is 0.188. The van der Waals surface area contributed by atoms with Crippen LogP contribution in [0.5, 0.6) is 5.75 Å². The van der Waals surface area contributed by atoms with Crippen LogP contribution in [-0.2, 0) is 0 Å². The number of carbonyl (C=O) groups excluding carboxylic acids is 1. The minimum absolute atomic E-state index is 0.0242. The van der Waals surface area contributed by atoms with E-state index in [0.717, 1.165) is 0 Å². The Morgan fingerprint density at radius 3 is 2.55 bits per heavy atom. The second kappa shape index (κ2) is 6.18. The minimum atomic E-state index is -0.395. The second-order valence-corrected chi connectivity index (χ2v) is 5.48. The van der Waals surface area contributed by atoms with Gasteiger partial charge in [-0.3, -0.25) is 4.79 Å². The summed E-state index contributed by atoms with van der Waals surface area (Å²) >= 11 is 3.09. The lowest BCUT2D eigenvalue weighted by Gasteiger charge is -2.13. The molecule has 0 bridgehead atoms. The molecular formula is C16H14BrFO2. The molecule has 0 aromatic heterocycles. The quantitative estimate of drug-likeness (QED) is 0.762. The maximum atomic E-state index is 13.2. The van der Waals surface area contributed by atoms with Gasteiger partial charge in [0, 0.05) is 5.56 Å². The van der Waals surface area contributed by atoms with Crippen LogP contribution in [0.1, 0.15) is 29.8 Å². The Labute approximate surface area is 125 Å². The number of rotatable bonds is 4. The van der Waals surface area contributed by atoms with Crippen molar-refractivity contribution >= 4 is 21.7 Å². The molecule has 2 aromatic carbocycles. The van der Waals surface area contributed by atoms with E-state index in [9.17, 15) is 9.18 Å². The average molecular weight is 337 g/mol. The molecule has 0 aliphatic carbocycles. The number of benzene rings is 2. The monoisotopic (exact) mass is 336 g/mol. The summed E-state index contributed by atoms with van der Waals surface area (Å²) in [6, 6.07) is 11.3. The first-order valence-corrected chi connectivity index (χ1v) is 7.03. The summed E-state index contributed by atoms with van der Waals surface area (Å²) in [6.45, 7) is 3.80. The van der Waals surface area contributed by atoms with Crippen molar-refractivity contribution in [3.8, 4) is 5.75 Å². The van der Waals surface area contributed by atoms with E-state index < -0.39 is 5.82 Å². The normalized spacial score (nSPS) is 10.7. The topological polar surface area (TPSA) is 26.3 Å². The number of carbonyl (C=O) groups is 1. The van der Waals surface area contributed by atoms with Crippen molar-refractivity contribution in [2.24, 2.45) is 0 Å². The van der Waals surface area contributed by atoms with Crippen LogP contribution in [0, 0.1) is 5.82 Å². The Morgan fingerprint density at radius 2 is 1.90 bits per heavy atom. The summed E-state index contributed by atoms with van der Waals surface area (Å²) in [7, 11) is 0. The largest absolute Gasteiger partial charge is 0.490 e. The minimum Gasteiger partial charge on any atom is -0.490 e. The maximum Gasteiger partial charge on any atom is 0.196 e. The summed E-state index contributed by atoms with van der Waals surface area (Å²) in [5, 5.41) is 0. The fourth-order valence-electron chi connectivity index (χ4n) is 1.80. The van der Waals surface area contributed by atoms with Gasteiger partial charge in [0.2, 0.25) is 0 Å². The smallest absolute Gasteiger partial charge is 0.196 e. The predicted octanol–water partition coefficient (Wildman–Crippen LogP) is 4.61. The van der Waals surface area contributed by atoms with E-state index in [2.05, 4.69) is 15.9 Å². The van der Waals surface area contributed by atoms with Crippen LogP contribution in [0.25, 0.3) is 0 Å². The first kappa shape index (κ1) is 14.7. The van der Waals surface area contributed by atoms with Crippen LogP contribution < -0.4 is 4.74 Å². The van der Waals surface area contributed by atoms with Gasteiger partial charge >= 0.3 is 0 Å². The molecule has 0 spiro atoms. The van der Waals surface area contributed by atoms with Gasteiger partial charge in [0.1, 0.15) is 11.6 Å². The van der Waals surface area contributed by atoms with E-state index in [1.165, 1.54) is 18.2 Å². The average Bonchev–Trinajstić information content (AvgIpc) is 2.41. The Bertz CT molecular complexity index is 638. The van der Waals surface area contributed by atoms with Crippen LogP contribution in [0.15, 0.2) is 46.9 Å². The Morgan fingerprint density at radius 1 is 1.20 bits per heavy atom. The Hall–Kier alpha value is -1.68. The molecule has 2 nitrogen and oxygen atoms in total. The molecule has 2 aromatic rings. The third-order valence-corrected chi connectivity index (χ3v) is 3.28. The van der Waals surface area contributed by atoms with Crippen molar-refractivity contribution in [2.45, 2.75) is 20.0 Å². The van der Waals surface area contributed by atoms with Gasteiger partial charge in [0.05, 0.1) is 16.1 Å². The van der Waals surface area contributed by atoms with Gasteiger partial charge < -0.3 is 4.74 Å². The molecule has 4 heteroatoms. The molecule has 0 radical (unpaired) electrons. The summed E-state index contributed by atoms with van der Waals surface area (Å²) in [5.41, 5.74) is 0.887. The first-order valence-electron chi connectivity index (χ1n) is 6.24. The summed E-state index contributed by atoms with van der Waals surface area (Å²) in [5.74, 6) is -0.0526. The number of hydrogen-bond donors (Lipinski definition) is 0. The highest BCUT2D eigenvalue weighted by atomic mass is 79.9. The predicted molar refractivity (Wildman–Crippen MR) is 79.7 cm³/mol. The van der Waals surface area contributed by atoms with Crippen molar-refractivity contribution in [1.82, 2.24) is 0 Å². The van der Waals surface area contributed by atoms with Gasteiger partial charge in [0.25, 0.3) is 0 Å². The molecule has 0 amide bonds.